The van der Waals surface area contributed by atoms with Crippen molar-refractivity contribution in [2.24, 2.45) is 5.92 Å². The summed E-state index contributed by atoms with van der Waals surface area (Å²) in [5.41, 5.74) is 2.98. The average molecular weight is 449 g/mol. The van der Waals surface area contributed by atoms with Crippen molar-refractivity contribution >= 4 is 28.6 Å². The van der Waals surface area contributed by atoms with Crippen LogP contribution in [0.3, 0.4) is 0 Å². The van der Waals surface area contributed by atoms with Crippen LogP contribution >= 0.6 is 0 Å². The summed E-state index contributed by atoms with van der Waals surface area (Å²) in [4.78, 5) is 31.8. The lowest BCUT2D eigenvalue weighted by molar-refractivity contribution is -0.428. The highest BCUT2D eigenvalue weighted by Gasteiger charge is 2.27. The number of hydrogen-bond donors (Lipinski definition) is 1. The Bertz CT molecular complexity index is 1150. The molecule has 174 valence electrons. The normalized spacial score (nSPS) is 15.6. The molecule has 7 heteroatoms. The SMILES string of the molecule is C[N+](=O)c1cccc(C(=O)Nc2nc3ccccc3n2CCC2CCN(C(C)(C)C)CC2)c1. The molecule has 0 bridgehead atoms. The van der Waals surface area contributed by atoms with E-state index in [1.54, 1.807) is 24.3 Å². The quantitative estimate of drug-likeness (QED) is 0.524. The number of para-hydroxylation sites is 2. The lowest BCUT2D eigenvalue weighted by atomic mass is 9.90. The van der Waals surface area contributed by atoms with E-state index in [4.69, 9.17) is 4.98 Å². The molecular weight excluding hydrogens is 414 g/mol. The summed E-state index contributed by atoms with van der Waals surface area (Å²) in [5, 5.41) is 2.98. The van der Waals surface area contributed by atoms with Crippen LogP contribution in [0.5, 0.6) is 0 Å². The number of aryl methyl sites for hydroxylation is 1. The Labute approximate surface area is 195 Å². The van der Waals surface area contributed by atoms with Crippen molar-refractivity contribution < 1.29 is 9.55 Å². The Hall–Kier alpha value is -3.06. The molecule has 3 aromatic rings. The maximum absolute atomic E-state index is 13.0. The molecule has 1 N–H and O–H groups in total. The molecule has 1 aliphatic rings. The number of hydrogen-bond acceptors (Lipinski definition) is 4. The van der Waals surface area contributed by atoms with Gasteiger partial charge in [0.25, 0.3) is 11.6 Å². The predicted molar refractivity (Wildman–Crippen MR) is 132 cm³/mol. The first-order valence-corrected chi connectivity index (χ1v) is 11.7. The minimum Gasteiger partial charge on any atom is -0.310 e. The van der Waals surface area contributed by atoms with E-state index in [1.165, 1.54) is 19.9 Å². The van der Waals surface area contributed by atoms with Crippen molar-refractivity contribution in [2.75, 3.05) is 25.5 Å². The van der Waals surface area contributed by atoms with Gasteiger partial charge in [0.2, 0.25) is 5.95 Å². The second kappa shape index (κ2) is 9.43. The second-order valence-electron chi connectivity index (χ2n) is 9.97. The molecule has 1 fully saturated rings. The first kappa shape index (κ1) is 23.1. The fourth-order valence-electron chi connectivity index (χ4n) is 4.62. The van der Waals surface area contributed by atoms with Crippen molar-refractivity contribution in [3.05, 3.63) is 59.0 Å². The molecule has 1 amide bonds. The van der Waals surface area contributed by atoms with Crippen LogP contribution in [0.1, 0.15) is 50.4 Å². The molecule has 2 heterocycles. The summed E-state index contributed by atoms with van der Waals surface area (Å²) in [7, 11) is 1.42. The molecule has 0 spiro atoms. The van der Waals surface area contributed by atoms with Crippen molar-refractivity contribution in [1.82, 2.24) is 14.5 Å². The molecule has 33 heavy (non-hydrogen) atoms. The number of piperidine rings is 1. The Kier molecular flexibility index (Phi) is 6.61. The number of nitrogens with zero attached hydrogens (tertiary/aromatic N) is 4. The van der Waals surface area contributed by atoms with Crippen molar-refractivity contribution in [2.45, 2.75) is 52.1 Å². The van der Waals surface area contributed by atoms with Gasteiger partial charge in [-0.3, -0.25) is 15.0 Å². The number of nitroso groups, excluding NO2 is 1. The number of rotatable bonds is 6. The van der Waals surface area contributed by atoms with Crippen molar-refractivity contribution in [1.29, 1.82) is 0 Å². The van der Waals surface area contributed by atoms with E-state index in [1.807, 2.05) is 24.3 Å². The third-order valence-corrected chi connectivity index (χ3v) is 6.68. The fraction of sp³-hybridized carbons (Fsp3) is 0.462. The number of nitrogens with one attached hydrogen (secondary N) is 1. The minimum atomic E-state index is -0.270. The van der Waals surface area contributed by atoms with E-state index >= 15 is 0 Å². The Morgan fingerprint density at radius 2 is 1.85 bits per heavy atom. The second-order valence-corrected chi connectivity index (χ2v) is 9.97. The molecule has 1 aliphatic heterocycles. The molecule has 2 aromatic carbocycles. The van der Waals surface area contributed by atoms with Gasteiger partial charge in [0, 0.05) is 39.4 Å². The summed E-state index contributed by atoms with van der Waals surface area (Å²) >= 11 is 0. The van der Waals surface area contributed by atoms with E-state index in [2.05, 4.69) is 35.6 Å². The Morgan fingerprint density at radius 3 is 2.55 bits per heavy atom. The summed E-state index contributed by atoms with van der Waals surface area (Å²) in [6.45, 7) is 9.92. The highest BCUT2D eigenvalue weighted by molar-refractivity contribution is 6.04. The molecular formula is C26H34N5O2+. The van der Waals surface area contributed by atoms with Gasteiger partial charge in [-0.2, -0.15) is 0 Å². The zero-order chi connectivity index (χ0) is 23.6. The van der Waals surface area contributed by atoms with E-state index in [0.717, 1.165) is 41.8 Å². The van der Waals surface area contributed by atoms with Gasteiger partial charge in [0.15, 0.2) is 7.05 Å². The lowest BCUT2D eigenvalue weighted by Crippen LogP contribution is -2.46. The number of fused-ring (bicyclic) bond motifs is 1. The van der Waals surface area contributed by atoms with Gasteiger partial charge in [-0.1, -0.05) is 18.2 Å². The van der Waals surface area contributed by atoms with Gasteiger partial charge in [-0.25, -0.2) is 4.98 Å². The van der Waals surface area contributed by atoms with Crippen LogP contribution in [0.4, 0.5) is 11.6 Å². The van der Waals surface area contributed by atoms with Crippen LogP contribution in [-0.2, 0) is 6.54 Å². The van der Waals surface area contributed by atoms with Crippen LogP contribution in [0.25, 0.3) is 11.0 Å². The standard InChI is InChI=1S/C26H33N5O2/c1-26(2,3)30-15-12-19(13-16-30)14-17-31-23-11-6-5-10-22(23)27-25(31)28-24(32)20-8-7-9-21(18-20)29(4)33/h5-11,18-19H,12-17H2,1-4H3/p+1. The largest absolute Gasteiger partial charge is 0.310 e. The summed E-state index contributed by atoms with van der Waals surface area (Å²) in [6, 6.07) is 14.7. The molecule has 7 nitrogen and oxygen atoms in total. The van der Waals surface area contributed by atoms with Crippen molar-refractivity contribution in [3.63, 3.8) is 0 Å². The van der Waals surface area contributed by atoms with Crippen LogP contribution in [0, 0.1) is 10.8 Å². The van der Waals surface area contributed by atoms with Gasteiger partial charge >= 0.3 is 0 Å². The van der Waals surface area contributed by atoms with Crippen LogP contribution < -0.4 is 5.32 Å². The number of imidazole rings is 1. The highest BCUT2D eigenvalue weighted by atomic mass is 16.3. The molecule has 0 saturated carbocycles. The molecule has 1 aromatic heterocycles. The zero-order valence-electron chi connectivity index (χ0n) is 20.0. The third kappa shape index (κ3) is 5.30. The first-order valence-electron chi connectivity index (χ1n) is 11.7. The number of amides is 1. The fourth-order valence-corrected chi connectivity index (χ4v) is 4.62. The van der Waals surface area contributed by atoms with Crippen LogP contribution in [0.15, 0.2) is 48.5 Å². The van der Waals surface area contributed by atoms with E-state index in [-0.39, 0.29) is 11.4 Å². The summed E-state index contributed by atoms with van der Waals surface area (Å²) in [5.74, 6) is 0.945. The number of likely N-dealkylation sites (tertiary alicyclic amines) is 1. The van der Waals surface area contributed by atoms with E-state index < -0.39 is 0 Å². The zero-order valence-corrected chi connectivity index (χ0v) is 20.0. The average Bonchev–Trinajstić information content (AvgIpc) is 3.14. The molecule has 0 atom stereocenters. The third-order valence-electron chi connectivity index (χ3n) is 6.68. The molecule has 0 radical (unpaired) electrons. The monoisotopic (exact) mass is 448 g/mol. The molecule has 0 aliphatic carbocycles. The van der Waals surface area contributed by atoms with Crippen molar-refractivity contribution in [3.8, 4) is 0 Å². The summed E-state index contributed by atoms with van der Waals surface area (Å²) < 4.78 is 2.87. The van der Waals surface area contributed by atoms with E-state index in [9.17, 15) is 9.70 Å². The van der Waals surface area contributed by atoms with Gasteiger partial charge in [-0.05, 0) is 77.2 Å². The van der Waals surface area contributed by atoms with Crippen LogP contribution in [0.2, 0.25) is 0 Å². The molecule has 0 unspecified atom stereocenters. The summed E-state index contributed by atoms with van der Waals surface area (Å²) in [6.07, 6.45) is 3.44. The molecule has 1 saturated heterocycles. The maximum atomic E-state index is 13.0. The smallest absolute Gasteiger partial charge is 0.258 e. The van der Waals surface area contributed by atoms with Crippen LogP contribution in [-0.4, -0.2) is 50.8 Å². The molecule has 4 rings (SSSR count). The van der Waals surface area contributed by atoms with Gasteiger partial charge in [-0.15, -0.1) is 0 Å². The first-order chi connectivity index (χ1) is 15.7. The van der Waals surface area contributed by atoms with Gasteiger partial charge in [0.1, 0.15) is 0 Å². The number of aromatic nitrogens is 2. The topological polar surface area (TPSA) is 70.2 Å². The predicted octanol–water partition coefficient (Wildman–Crippen LogP) is 5.23. The number of benzene rings is 2. The minimum absolute atomic E-state index is 0.223. The number of carbonyl (C=O) groups excluding carboxylic acids is 1. The van der Waals surface area contributed by atoms with Gasteiger partial charge in [0.05, 0.1) is 11.0 Å². The number of carbonyl (C=O) groups is 1. The maximum Gasteiger partial charge on any atom is 0.258 e. The number of anilines is 1. The Morgan fingerprint density at radius 1 is 1.12 bits per heavy atom. The van der Waals surface area contributed by atoms with Gasteiger partial charge < -0.3 is 4.57 Å². The lowest BCUT2D eigenvalue weighted by Gasteiger charge is -2.41. The van der Waals surface area contributed by atoms with E-state index in [0.29, 0.717) is 23.1 Å². The highest BCUT2D eigenvalue weighted by Crippen LogP contribution is 2.28. The Balaban J connectivity index is 1.50.